The van der Waals surface area contributed by atoms with E-state index in [1.165, 1.54) is 0 Å². The van der Waals surface area contributed by atoms with Crippen LogP contribution in [-0.4, -0.2) is 63.7 Å². The Hall–Kier alpha value is -0.240. The molecule has 1 fully saturated rings. The van der Waals surface area contributed by atoms with Crippen molar-refractivity contribution in [1.82, 2.24) is 5.32 Å². The molecule has 2 unspecified atom stereocenters. The molecule has 5 N–H and O–H groups in total. The largest absolute Gasteiger partial charge is 0.394 e. The molecule has 1 heterocycles. The highest BCUT2D eigenvalue weighted by Gasteiger charge is 2.45. The Morgan fingerprint density at radius 1 is 1.33 bits per heavy atom. The van der Waals surface area contributed by atoms with Crippen LogP contribution in [0, 0.1) is 0 Å². The third-order valence-corrected chi connectivity index (χ3v) is 2.40. The number of aliphatic hydroxyl groups excluding tert-OH is 4. The molecule has 1 aliphatic heterocycles. The number of nitrogens with one attached hydrogen (secondary N) is 1. The van der Waals surface area contributed by atoms with Gasteiger partial charge in [-0.2, -0.15) is 0 Å². The Balaban J connectivity index is 2.61. The van der Waals surface area contributed by atoms with Crippen molar-refractivity contribution in [2.24, 2.45) is 0 Å². The van der Waals surface area contributed by atoms with Crippen molar-refractivity contribution in [3.8, 4) is 0 Å². The molecule has 5 atom stereocenters. The zero-order valence-electron chi connectivity index (χ0n) is 8.87. The standard InChI is InChI=1S/C9H19NO5/c1-4(2)10-6-7(13)8(5(12)3-11)15-9(6)14/h4-14H,3H2,1-2H3/t5-,6+,7-,8?,9?/m1/s1. The molecule has 0 spiro atoms. The maximum absolute atomic E-state index is 9.75. The van der Waals surface area contributed by atoms with Crippen LogP contribution in [0.2, 0.25) is 0 Å². The van der Waals surface area contributed by atoms with Crippen molar-refractivity contribution >= 4 is 0 Å². The van der Waals surface area contributed by atoms with E-state index in [1.807, 2.05) is 13.8 Å². The molecule has 1 aliphatic rings. The fourth-order valence-corrected chi connectivity index (χ4v) is 1.69. The van der Waals surface area contributed by atoms with Crippen molar-refractivity contribution in [1.29, 1.82) is 0 Å². The van der Waals surface area contributed by atoms with Crippen molar-refractivity contribution in [2.45, 2.75) is 50.5 Å². The Kier molecular flexibility index (Phi) is 4.45. The van der Waals surface area contributed by atoms with Crippen LogP contribution in [0.15, 0.2) is 0 Å². The lowest BCUT2D eigenvalue weighted by Gasteiger charge is -2.22. The van der Waals surface area contributed by atoms with Gasteiger partial charge in [0.2, 0.25) is 0 Å². The van der Waals surface area contributed by atoms with Crippen LogP contribution >= 0.6 is 0 Å². The van der Waals surface area contributed by atoms with Crippen molar-refractivity contribution in [3.63, 3.8) is 0 Å². The van der Waals surface area contributed by atoms with Gasteiger partial charge < -0.3 is 30.5 Å². The van der Waals surface area contributed by atoms with E-state index in [0.717, 1.165) is 0 Å². The summed E-state index contributed by atoms with van der Waals surface area (Å²) in [5.41, 5.74) is 0. The molecule has 0 bridgehead atoms. The molecule has 15 heavy (non-hydrogen) atoms. The highest BCUT2D eigenvalue weighted by molar-refractivity contribution is 4.94. The highest BCUT2D eigenvalue weighted by Crippen LogP contribution is 2.22. The van der Waals surface area contributed by atoms with E-state index in [9.17, 15) is 15.3 Å². The summed E-state index contributed by atoms with van der Waals surface area (Å²) < 4.78 is 4.97. The molecule has 6 heteroatoms. The van der Waals surface area contributed by atoms with Crippen molar-refractivity contribution in [3.05, 3.63) is 0 Å². The topological polar surface area (TPSA) is 102 Å². The van der Waals surface area contributed by atoms with E-state index in [2.05, 4.69) is 5.32 Å². The third kappa shape index (κ3) is 2.87. The molecule has 0 aromatic heterocycles. The molecule has 90 valence electrons. The van der Waals surface area contributed by atoms with Crippen LogP contribution in [-0.2, 0) is 4.74 Å². The highest BCUT2D eigenvalue weighted by atomic mass is 16.6. The van der Waals surface area contributed by atoms with E-state index < -0.39 is 37.3 Å². The predicted octanol–water partition coefficient (Wildman–Crippen LogP) is -2.22. The summed E-state index contributed by atoms with van der Waals surface area (Å²) in [6.07, 6.45) is -4.35. The smallest absolute Gasteiger partial charge is 0.173 e. The normalized spacial score (nSPS) is 38.6. The van der Waals surface area contributed by atoms with Gasteiger partial charge in [-0.1, -0.05) is 13.8 Å². The summed E-state index contributed by atoms with van der Waals surface area (Å²) >= 11 is 0. The Labute approximate surface area is 88.5 Å². The quantitative estimate of drug-likeness (QED) is 0.369. The number of hydrogen-bond donors (Lipinski definition) is 5. The van der Waals surface area contributed by atoms with Crippen molar-refractivity contribution < 1.29 is 25.2 Å². The molecule has 0 saturated carbocycles. The van der Waals surface area contributed by atoms with Gasteiger partial charge in [0, 0.05) is 6.04 Å². The van der Waals surface area contributed by atoms with Crippen LogP contribution in [0.25, 0.3) is 0 Å². The first kappa shape index (κ1) is 12.8. The Morgan fingerprint density at radius 2 is 1.93 bits per heavy atom. The van der Waals surface area contributed by atoms with E-state index in [0.29, 0.717) is 0 Å². The second-order valence-electron chi connectivity index (χ2n) is 4.08. The minimum absolute atomic E-state index is 0.0768. The molecule has 1 saturated heterocycles. The SMILES string of the molecule is CC(C)N[C@@H]1C(O)OC([C@H](O)CO)[C@@H]1O. The number of rotatable bonds is 4. The zero-order chi connectivity index (χ0) is 11.6. The van der Waals surface area contributed by atoms with Gasteiger partial charge in [0.25, 0.3) is 0 Å². The molecule has 1 rings (SSSR count). The number of hydrogen-bond acceptors (Lipinski definition) is 6. The Bertz CT molecular complexity index is 201. The minimum Gasteiger partial charge on any atom is -0.394 e. The fourth-order valence-electron chi connectivity index (χ4n) is 1.69. The lowest BCUT2D eigenvalue weighted by molar-refractivity contribution is -0.139. The van der Waals surface area contributed by atoms with Gasteiger partial charge in [-0.15, -0.1) is 0 Å². The first-order chi connectivity index (χ1) is 6.97. The molecule has 0 amide bonds. The first-order valence-electron chi connectivity index (χ1n) is 5.04. The maximum Gasteiger partial charge on any atom is 0.173 e. The zero-order valence-corrected chi connectivity index (χ0v) is 8.87. The molecule has 6 nitrogen and oxygen atoms in total. The monoisotopic (exact) mass is 221 g/mol. The summed E-state index contributed by atoms with van der Waals surface area (Å²) in [6, 6.07) is -0.566. The average Bonchev–Trinajstić information content (AvgIpc) is 2.44. The lowest BCUT2D eigenvalue weighted by atomic mass is 10.0. The second-order valence-corrected chi connectivity index (χ2v) is 4.08. The molecular formula is C9H19NO5. The number of ether oxygens (including phenoxy) is 1. The van der Waals surface area contributed by atoms with Gasteiger partial charge in [0.1, 0.15) is 18.3 Å². The summed E-state index contributed by atoms with van der Waals surface area (Å²) in [4.78, 5) is 0. The van der Waals surface area contributed by atoms with Crippen LogP contribution in [0.4, 0.5) is 0 Å². The minimum atomic E-state index is -1.19. The first-order valence-corrected chi connectivity index (χ1v) is 5.04. The van der Waals surface area contributed by atoms with E-state index in [4.69, 9.17) is 9.84 Å². The predicted molar refractivity (Wildman–Crippen MR) is 52.0 cm³/mol. The molecule has 0 radical (unpaired) electrons. The molecule has 0 aromatic rings. The van der Waals surface area contributed by atoms with E-state index in [1.54, 1.807) is 0 Å². The van der Waals surface area contributed by atoms with E-state index in [-0.39, 0.29) is 6.04 Å². The van der Waals surface area contributed by atoms with Crippen LogP contribution < -0.4 is 5.32 Å². The van der Waals surface area contributed by atoms with Crippen LogP contribution in [0.5, 0.6) is 0 Å². The van der Waals surface area contributed by atoms with E-state index >= 15 is 0 Å². The third-order valence-electron chi connectivity index (χ3n) is 2.40. The molecule has 0 aromatic carbocycles. The Morgan fingerprint density at radius 3 is 2.40 bits per heavy atom. The summed E-state index contributed by atoms with van der Waals surface area (Å²) in [6.45, 7) is 3.23. The van der Waals surface area contributed by atoms with Gasteiger partial charge in [0.15, 0.2) is 6.29 Å². The van der Waals surface area contributed by atoms with Gasteiger partial charge >= 0.3 is 0 Å². The summed E-state index contributed by atoms with van der Waals surface area (Å²) in [5.74, 6) is 0. The van der Waals surface area contributed by atoms with Gasteiger partial charge in [-0.05, 0) is 0 Å². The lowest BCUT2D eigenvalue weighted by Crippen LogP contribution is -2.49. The fraction of sp³-hybridized carbons (Fsp3) is 1.00. The van der Waals surface area contributed by atoms with Gasteiger partial charge in [0.05, 0.1) is 12.6 Å². The maximum atomic E-state index is 9.75. The van der Waals surface area contributed by atoms with Crippen LogP contribution in [0.3, 0.4) is 0 Å². The average molecular weight is 221 g/mol. The van der Waals surface area contributed by atoms with Crippen molar-refractivity contribution in [2.75, 3.05) is 6.61 Å². The van der Waals surface area contributed by atoms with Crippen LogP contribution in [0.1, 0.15) is 13.8 Å². The second kappa shape index (κ2) is 5.20. The summed E-state index contributed by atoms with van der Waals surface area (Å²) in [5, 5.41) is 40.2. The van der Waals surface area contributed by atoms with Gasteiger partial charge in [-0.3, -0.25) is 0 Å². The molecule has 0 aliphatic carbocycles. The molecular weight excluding hydrogens is 202 g/mol. The number of aliphatic hydroxyl groups is 4. The summed E-state index contributed by atoms with van der Waals surface area (Å²) in [7, 11) is 0. The van der Waals surface area contributed by atoms with Gasteiger partial charge in [-0.25, -0.2) is 0 Å².